The van der Waals surface area contributed by atoms with Crippen LogP contribution in [0.2, 0.25) is 0 Å². The Kier molecular flexibility index (Phi) is 4.85. The van der Waals surface area contributed by atoms with Gasteiger partial charge in [0.05, 0.1) is 18.6 Å². The fraction of sp³-hybridized carbons (Fsp3) is 0.529. The largest absolute Gasteiger partial charge is 0.491 e. The third kappa shape index (κ3) is 3.36. The molecule has 0 bridgehead atoms. The molecular formula is C17H22N2O2. The first-order valence-corrected chi connectivity index (χ1v) is 7.45. The SMILES string of the molecule is CNC(=O)Cc1c(OC(C)C)ccc2c1C(CC#N)CC2. The molecule has 0 spiro atoms. The normalized spacial score (nSPS) is 16.4. The van der Waals surface area contributed by atoms with Crippen molar-refractivity contribution >= 4 is 5.91 Å². The predicted octanol–water partition coefficient (Wildman–Crippen LogP) is 2.71. The monoisotopic (exact) mass is 286 g/mol. The van der Waals surface area contributed by atoms with E-state index in [1.807, 2.05) is 19.9 Å². The number of carbonyl (C=O) groups is 1. The zero-order valence-electron chi connectivity index (χ0n) is 12.9. The summed E-state index contributed by atoms with van der Waals surface area (Å²) < 4.78 is 5.88. The molecule has 0 saturated carbocycles. The molecule has 1 unspecified atom stereocenters. The Morgan fingerprint density at radius 2 is 2.29 bits per heavy atom. The number of fused-ring (bicyclic) bond motifs is 1. The average molecular weight is 286 g/mol. The Labute approximate surface area is 126 Å². The van der Waals surface area contributed by atoms with E-state index >= 15 is 0 Å². The van der Waals surface area contributed by atoms with Crippen molar-refractivity contribution in [1.82, 2.24) is 5.32 Å². The van der Waals surface area contributed by atoms with Crippen molar-refractivity contribution in [2.24, 2.45) is 0 Å². The molecule has 112 valence electrons. The maximum atomic E-state index is 11.9. The van der Waals surface area contributed by atoms with E-state index in [4.69, 9.17) is 10.00 Å². The number of ether oxygens (including phenoxy) is 1. The van der Waals surface area contributed by atoms with Crippen molar-refractivity contribution in [1.29, 1.82) is 5.26 Å². The van der Waals surface area contributed by atoms with Crippen LogP contribution in [0.15, 0.2) is 12.1 Å². The highest BCUT2D eigenvalue weighted by molar-refractivity contribution is 5.80. The molecule has 1 amide bonds. The van der Waals surface area contributed by atoms with Crippen LogP contribution in [-0.2, 0) is 17.6 Å². The molecule has 4 nitrogen and oxygen atoms in total. The number of hydrogen-bond donors (Lipinski definition) is 1. The maximum Gasteiger partial charge on any atom is 0.224 e. The smallest absolute Gasteiger partial charge is 0.224 e. The first-order chi connectivity index (χ1) is 10.1. The molecule has 1 N–H and O–H groups in total. The first-order valence-electron chi connectivity index (χ1n) is 7.45. The van der Waals surface area contributed by atoms with Gasteiger partial charge in [-0.3, -0.25) is 4.79 Å². The Balaban J connectivity index is 2.46. The van der Waals surface area contributed by atoms with Crippen LogP contribution in [0.1, 0.15) is 49.3 Å². The van der Waals surface area contributed by atoms with Crippen LogP contribution >= 0.6 is 0 Å². The van der Waals surface area contributed by atoms with E-state index in [2.05, 4.69) is 17.5 Å². The van der Waals surface area contributed by atoms with Gasteiger partial charge in [-0.15, -0.1) is 0 Å². The van der Waals surface area contributed by atoms with Crippen LogP contribution in [0, 0.1) is 11.3 Å². The lowest BCUT2D eigenvalue weighted by atomic mass is 9.91. The van der Waals surface area contributed by atoms with Gasteiger partial charge in [0.25, 0.3) is 0 Å². The molecule has 1 aromatic rings. The molecule has 0 aliphatic heterocycles. The summed E-state index contributed by atoms with van der Waals surface area (Å²) in [5.74, 6) is 0.970. The Hall–Kier alpha value is -2.02. The quantitative estimate of drug-likeness (QED) is 0.905. The van der Waals surface area contributed by atoms with Crippen molar-refractivity contribution in [3.8, 4) is 11.8 Å². The van der Waals surface area contributed by atoms with Gasteiger partial charge in [0, 0.05) is 19.0 Å². The van der Waals surface area contributed by atoms with E-state index in [9.17, 15) is 4.79 Å². The molecule has 0 heterocycles. The van der Waals surface area contributed by atoms with E-state index in [1.165, 1.54) is 11.1 Å². The number of nitrogens with one attached hydrogen (secondary N) is 1. The van der Waals surface area contributed by atoms with E-state index in [1.54, 1.807) is 7.05 Å². The second-order valence-electron chi connectivity index (χ2n) is 5.73. The van der Waals surface area contributed by atoms with Crippen molar-refractivity contribution in [3.05, 3.63) is 28.8 Å². The minimum absolute atomic E-state index is 0.0281. The van der Waals surface area contributed by atoms with Gasteiger partial charge < -0.3 is 10.1 Å². The van der Waals surface area contributed by atoms with Gasteiger partial charge >= 0.3 is 0 Å². The number of carbonyl (C=O) groups excluding carboxylic acids is 1. The number of aryl methyl sites for hydroxylation is 1. The number of benzene rings is 1. The van der Waals surface area contributed by atoms with Crippen LogP contribution < -0.4 is 10.1 Å². The molecule has 1 aliphatic rings. The Morgan fingerprint density at radius 1 is 1.52 bits per heavy atom. The summed E-state index contributed by atoms with van der Waals surface area (Å²) >= 11 is 0. The third-order valence-corrected chi connectivity index (χ3v) is 3.89. The minimum Gasteiger partial charge on any atom is -0.491 e. The second-order valence-corrected chi connectivity index (χ2v) is 5.73. The van der Waals surface area contributed by atoms with E-state index < -0.39 is 0 Å². The summed E-state index contributed by atoms with van der Waals surface area (Å²) in [5.41, 5.74) is 3.38. The number of likely N-dealkylation sites (N-methyl/N-ethyl adjacent to an activating group) is 1. The van der Waals surface area contributed by atoms with E-state index in [-0.39, 0.29) is 17.9 Å². The Bertz CT molecular complexity index is 573. The molecule has 1 aromatic carbocycles. The lowest BCUT2D eigenvalue weighted by molar-refractivity contribution is -0.120. The van der Waals surface area contributed by atoms with Crippen LogP contribution in [0.25, 0.3) is 0 Å². The summed E-state index contributed by atoms with van der Waals surface area (Å²) in [7, 11) is 1.64. The van der Waals surface area contributed by atoms with Gasteiger partial charge in [0.15, 0.2) is 0 Å². The summed E-state index contributed by atoms with van der Waals surface area (Å²) in [6.07, 6.45) is 2.82. The van der Waals surface area contributed by atoms with Crippen molar-refractivity contribution in [2.45, 2.75) is 51.6 Å². The molecule has 2 rings (SSSR count). The lowest BCUT2D eigenvalue weighted by Gasteiger charge is -2.19. The number of nitrogens with zero attached hydrogens (tertiary/aromatic N) is 1. The fourth-order valence-corrected chi connectivity index (χ4v) is 3.00. The highest BCUT2D eigenvalue weighted by atomic mass is 16.5. The Morgan fingerprint density at radius 3 is 2.90 bits per heavy atom. The lowest BCUT2D eigenvalue weighted by Crippen LogP contribution is -2.22. The summed E-state index contributed by atoms with van der Waals surface area (Å²) in [5, 5.41) is 11.7. The molecular weight excluding hydrogens is 264 g/mol. The molecule has 0 saturated heterocycles. The summed E-state index contributed by atoms with van der Waals surface area (Å²) in [6.45, 7) is 3.95. The second kappa shape index (κ2) is 6.62. The van der Waals surface area contributed by atoms with Gasteiger partial charge in [-0.25, -0.2) is 0 Å². The highest BCUT2D eigenvalue weighted by Crippen LogP contribution is 2.41. The van der Waals surface area contributed by atoms with Gasteiger partial charge in [0.2, 0.25) is 5.91 Å². The molecule has 1 aliphatic carbocycles. The molecule has 0 fully saturated rings. The predicted molar refractivity (Wildman–Crippen MR) is 81.3 cm³/mol. The molecule has 1 atom stereocenters. The standard InChI is InChI=1S/C17H22N2O2/c1-11(2)21-15-7-6-12-4-5-13(8-9-18)17(12)14(15)10-16(20)19-3/h6-7,11,13H,4-5,8,10H2,1-3H3,(H,19,20). The highest BCUT2D eigenvalue weighted by Gasteiger charge is 2.28. The van der Waals surface area contributed by atoms with Gasteiger partial charge in [-0.2, -0.15) is 5.26 Å². The number of rotatable bonds is 5. The summed E-state index contributed by atoms with van der Waals surface area (Å²) in [6, 6.07) is 6.31. The van der Waals surface area contributed by atoms with Gasteiger partial charge in [0.1, 0.15) is 5.75 Å². The zero-order chi connectivity index (χ0) is 15.4. The van der Waals surface area contributed by atoms with Crippen molar-refractivity contribution < 1.29 is 9.53 Å². The topological polar surface area (TPSA) is 62.1 Å². The van der Waals surface area contributed by atoms with Crippen LogP contribution in [0.3, 0.4) is 0 Å². The first kappa shape index (κ1) is 15.4. The minimum atomic E-state index is -0.0281. The number of nitriles is 1. The fourth-order valence-electron chi connectivity index (χ4n) is 3.00. The molecule has 4 heteroatoms. The van der Waals surface area contributed by atoms with E-state index in [0.717, 1.165) is 24.2 Å². The third-order valence-electron chi connectivity index (χ3n) is 3.89. The van der Waals surface area contributed by atoms with Gasteiger partial charge in [-0.1, -0.05) is 6.07 Å². The number of amides is 1. The van der Waals surface area contributed by atoms with Crippen LogP contribution in [0.4, 0.5) is 0 Å². The average Bonchev–Trinajstić information content (AvgIpc) is 2.84. The van der Waals surface area contributed by atoms with Crippen molar-refractivity contribution in [2.75, 3.05) is 7.05 Å². The van der Waals surface area contributed by atoms with Crippen LogP contribution in [0.5, 0.6) is 5.75 Å². The zero-order valence-corrected chi connectivity index (χ0v) is 12.9. The molecule has 0 radical (unpaired) electrons. The van der Waals surface area contributed by atoms with Crippen molar-refractivity contribution in [3.63, 3.8) is 0 Å². The van der Waals surface area contributed by atoms with Crippen LogP contribution in [-0.4, -0.2) is 19.1 Å². The molecule has 21 heavy (non-hydrogen) atoms. The van der Waals surface area contributed by atoms with E-state index in [0.29, 0.717) is 12.8 Å². The number of hydrogen-bond acceptors (Lipinski definition) is 3. The maximum absolute atomic E-state index is 11.9. The summed E-state index contributed by atoms with van der Waals surface area (Å²) in [4.78, 5) is 11.9. The van der Waals surface area contributed by atoms with Gasteiger partial charge in [-0.05, 0) is 49.8 Å². The molecule has 0 aromatic heterocycles.